The van der Waals surface area contributed by atoms with Crippen LogP contribution in [0.15, 0.2) is 24.3 Å². The summed E-state index contributed by atoms with van der Waals surface area (Å²) in [6.07, 6.45) is 3.10. The second kappa shape index (κ2) is 2.44. The van der Waals surface area contributed by atoms with Gasteiger partial charge in [0.05, 0.1) is 0 Å². The number of aryl methyl sites for hydroxylation is 1. The van der Waals surface area contributed by atoms with Gasteiger partial charge in [0.15, 0.2) is 0 Å². The van der Waals surface area contributed by atoms with Crippen LogP contribution in [-0.2, 0) is 16.6 Å². The molecule has 0 fully saturated rings. The molecule has 1 aromatic rings. The van der Waals surface area contributed by atoms with E-state index in [2.05, 4.69) is 12.1 Å². The first-order valence-electron chi connectivity index (χ1n) is 4.31. The fraction of sp³-hybridized carbons (Fsp3) is 0.364. The van der Waals surface area contributed by atoms with Gasteiger partial charge in [0.2, 0.25) is 0 Å². The number of fused-ring (bicyclic) bond motifs is 1. The smallest absolute Gasteiger partial charge is 0.130 e. The summed E-state index contributed by atoms with van der Waals surface area (Å²) in [7, 11) is 0. The molecule has 1 nitrogen and oxygen atoms in total. The zero-order chi connectivity index (χ0) is 8.60. The molecule has 0 radical (unpaired) electrons. The van der Waals surface area contributed by atoms with Gasteiger partial charge < -0.3 is 4.79 Å². The number of benzene rings is 1. The van der Waals surface area contributed by atoms with E-state index in [9.17, 15) is 4.79 Å². The summed E-state index contributed by atoms with van der Waals surface area (Å²) >= 11 is 0. The fourth-order valence-corrected chi connectivity index (χ4v) is 1.95. The third-order valence-corrected chi connectivity index (χ3v) is 2.81. The van der Waals surface area contributed by atoms with E-state index < -0.39 is 0 Å². The molecule has 1 heteroatoms. The Morgan fingerprint density at radius 3 is 2.92 bits per heavy atom. The van der Waals surface area contributed by atoms with Crippen LogP contribution in [0.2, 0.25) is 0 Å². The van der Waals surface area contributed by atoms with Gasteiger partial charge in [-0.25, -0.2) is 0 Å². The molecule has 0 unspecified atom stereocenters. The molecule has 0 N–H and O–H groups in total. The van der Waals surface area contributed by atoms with E-state index in [4.69, 9.17) is 0 Å². The van der Waals surface area contributed by atoms with E-state index in [-0.39, 0.29) is 5.41 Å². The molecule has 1 atom stereocenters. The Labute approximate surface area is 72.4 Å². The maximum atomic E-state index is 10.9. The molecule has 0 aromatic heterocycles. The highest BCUT2D eigenvalue weighted by molar-refractivity contribution is 5.70. The molecule has 62 valence electrons. The number of hydrogen-bond acceptors (Lipinski definition) is 1. The van der Waals surface area contributed by atoms with Crippen LogP contribution in [0.25, 0.3) is 0 Å². The van der Waals surface area contributed by atoms with Crippen LogP contribution in [0.4, 0.5) is 0 Å². The van der Waals surface area contributed by atoms with E-state index in [0.29, 0.717) is 0 Å². The van der Waals surface area contributed by atoms with Gasteiger partial charge in [-0.15, -0.1) is 0 Å². The van der Waals surface area contributed by atoms with Crippen LogP contribution in [0, 0.1) is 0 Å². The Morgan fingerprint density at radius 2 is 2.17 bits per heavy atom. The highest BCUT2D eigenvalue weighted by Crippen LogP contribution is 2.36. The first kappa shape index (κ1) is 7.53. The molecule has 1 aliphatic rings. The van der Waals surface area contributed by atoms with Gasteiger partial charge in [0, 0.05) is 5.41 Å². The molecular weight excluding hydrogens is 148 g/mol. The molecule has 0 bridgehead atoms. The van der Waals surface area contributed by atoms with Crippen molar-refractivity contribution < 1.29 is 4.79 Å². The molecule has 2 rings (SSSR count). The fourth-order valence-electron chi connectivity index (χ4n) is 1.95. The van der Waals surface area contributed by atoms with Crippen molar-refractivity contribution in [2.24, 2.45) is 0 Å². The van der Waals surface area contributed by atoms with Gasteiger partial charge >= 0.3 is 0 Å². The minimum Gasteiger partial charge on any atom is -0.302 e. The molecule has 0 heterocycles. The average molecular weight is 160 g/mol. The summed E-state index contributed by atoms with van der Waals surface area (Å²) in [6.45, 7) is 2.02. The average Bonchev–Trinajstić information content (AvgIpc) is 2.46. The lowest BCUT2D eigenvalue weighted by Crippen LogP contribution is -2.19. The van der Waals surface area contributed by atoms with Crippen LogP contribution in [0.1, 0.15) is 24.5 Å². The molecule has 0 amide bonds. The quantitative estimate of drug-likeness (QED) is 0.575. The highest BCUT2D eigenvalue weighted by Gasteiger charge is 2.33. The molecule has 1 aromatic carbocycles. The number of aldehydes is 1. The predicted octanol–water partition coefficient (Wildman–Crippen LogP) is 2.09. The highest BCUT2D eigenvalue weighted by atomic mass is 16.1. The van der Waals surface area contributed by atoms with Gasteiger partial charge in [-0.1, -0.05) is 24.3 Å². The summed E-state index contributed by atoms with van der Waals surface area (Å²) < 4.78 is 0. The SMILES string of the molecule is C[C@]1(C=O)CCc2ccccc21. The maximum absolute atomic E-state index is 10.9. The van der Waals surface area contributed by atoms with E-state index in [0.717, 1.165) is 19.1 Å². The number of carbonyl (C=O) groups is 1. The summed E-state index contributed by atoms with van der Waals surface area (Å²) in [4.78, 5) is 10.9. The van der Waals surface area contributed by atoms with Gasteiger partial charge in [-0.2, -0.15) is 0 Å². The van der Waals surface area contributed by atoms with Crippen molar-refractivity contribution in [1.29, 1.82) is 0 Å². The van der Waals surface area contributed by atoms with Crippen LogP contribution in [0.3, 0.4) is 0 Å². The Bertz CT molecular complexity index is 317. The van der Waals surface area contributed by atoms with Gasteiger partial charge in [0.1, 0.15) is 6.29 Å². The molecule has 0 aliphatic heterocycles. The Kier molecular flexibility index (Phi) is 1.53. The molecule has 12 heavy (non-hydrogen) atoms. The third-order valence-electron chi connectivity index (χ3n) is 2.81. The van der Waals surface area contributed by atoms with Crippen molar-refractivity contribution in [2.45, 2.75) is 25.2 Å². The van der Waals surface area contributed by atoms with Crippen molar-refractivity contribution in [1.82, 2.24) is 0 Å². The van der Waals surface area contributed by atoms with Crippen LogP contribution in [0.5, 0.6) is 0 Å². The van der Waals surface area contributed by atoms with Crippen molar-refractivity contribution in [3.05, 3.63) is 35.4 Å². The standard InChI is InChI=1S/C11H12O/c1-11(8-12)7-6-9-4-2-3-5-10(9)11/h2-5,8H,6-7H2,1H3/t11-/m1/s1. The summed E-state index contributed by atoms with van der Waals surface area (Å²) in [5.41, 5.74) is 2.35. The number of rotatable bonds is 1. The molecular formula is C11H12O. The zero-order valence-corrected chi connectivity index (χ0v) is 7.21. The van der Waals surface area contributed by atoms with E-state index in [1.807, 2.05) is 19.1 Å². The first-order chi connectivity index (χ1) is 5.76. The molecule has 1 aliphatic carbocycles. The second-order valence-electron chi connectivity index (χ2n) is 3.69. The molecule has 0 spiro atoms. The van der Waals surface area contributed by atoms with E-state index >= 15 is 0 Å². The molecule has 0 saturated carbocycles. The largest absolute Gasteiger partial charge is 0.302 e. The zero-order valence-electron chi connectivity index (χ0n) is 7.21. The van der Waals surface area contributed by atoms with Crippen molar-refractivity contribution >= 4 is 6.29 Å². The Hall–Kier alpha value is -1.11. The molecule has 0 saturated heterocycles. The van der Waals surface area contributed by atoms with Crippen molar-refractivity contribution in [3.63, 3.8) is 0 Å². The first-order valence-corrected chi connectivity index (χ1v) is 4.31. The number of carbonyl (C=O) groups excluding carboxylic acids is 1. The third kappa shape index (κ3) is 0.893. The monoisotopic (exact) mass is 160 g/mol. The van der Waals surface area contributed by atoms with Gasteiger partial charge in [-0.05, 0) is 30.9 Å². The summed E-state index contributed by atoms with van der Waals surface area (Å²) in [5.74, 6) is 0. The lowest BCUT2D eigenvalue weighted by molar-refractivity contribution is -0.112. The second-order valence-corrected chi connectivity index (χ2v) is 3.69. The lowest BCUT2D eigenvalue weighted by Gasteiger charge is -2.16. The minimum absolute atomic E-state index is 0.212. The van der Waals surface area contributed by atoms with Crippen LogP contribution in [-0.4, -0.2) is 6.29 Å². The lowest BCUT2D eigenvalue weighted by atomic mass is 9.86. The Balaban J connectivity index is 2.56. The normalized spacial score (nSPS) is 26.8. The predicted molar refractivity (Wildman–Crippen MR) is 48.2 cm³/mol. The summed E-state index contributed by atoms with van der Waals surface area (Å²) in [5, 5.41) is 0. The van der Waals surface area contributed by atoms with Gasteiger partial charge in [-0.3, -0.25) is 0 Å². The van der Waals surface area contributed by atoms with E-state index in [1.54, 1.807) is 0 Å². The topological polar surface area (TPSA) is 17.1 Å². The van der Waals surface area contributed by atoms with Gasteiger partial charge in [0.25, 0.3) is 0 Å². The van der Waals surface area contributed by atoms with Crippen molar-refractivity contribution in [2.75, 3.05) is 0 Å². The summed E-state index contributed by atoms with van der Waals surface area (Å²) in [6, 6.07) is 8.22. The van der Waals surface area contributed by atoms with Crippen LogP contribution >= 0.6 is 0 Å². The van der Waals surface area contributed by atoms with E-state index in [1.165, 1.54) is 11.1 Å². The maximum Gasteiger partial charge on any atom is 0.130 e. The van der Waals surface area contributed by atoms with Crippen LogP contribution < -0.4 is 0 Å². The number of hydrogen-bond donors (Lipinski definition) is 0. The minimum atomic E-state index is -0.212. The Morgan fingerprint density at radius 1 is 1.42 bits per heavy atom. The van der Waals surface area contributed by atoms with Crippen molar-refractivity contribution in [3.8, 4) is 0 Å².